The molecule has 0 spiro atoms. The van der Waals surface area contributed by atoms with Gasteiger partial charge in [-0.2, -0.15) is 4.57 Å². The number of ether oxygens (including phenoxy) is 1. The molecular weight excluding hydrogens is 170 g/mol. The maximum Gasteiger partial charge on any atom is 0.271 e. The normalized spacial score (nSPS) is 23.8. The van der Waals surface area contributed by atoms with Crippen molar-refractivity contribution in [3.63, 3.8) is 0 Å². The first-order chi connectivity index (χ1) is 5.97. The third-order valence-corrected chi connectivity index (χ3v) is 2.85. The van der Waals surface area contributed by atoms with Gasteiger partial charge in [-0.05, 0) is 0 Å². The molecule has 1 aliphatic heterocycles. The molecule has 1 aromatic rings. The van der Waals surface area contributed by atoms with E-state index in [0.717, 1.165) is 18.1 Å². The molecule has 12 heavy (non-hydrogen) atoms. The van der Waals surface area contributed by atoms with Crippen LogP contribution in [0.4, 0.5) is 0 Å². The standard InChI is InChI=1S/C9H12NOS/c1-2-4-10(5-3-1)9-8-12-7-6-11-9/h1-5,9H,6-8H2/q+1. The Hall–Kier alpha value is -0.540. The molecule has 0 aliphatic carbocycles. The van der Waals surface area contributed by atoms with Gasteiger partial charge in [0.05, 0.1) is 12.4 Å². The van der Waals surface area contributed by atoms with Crippen molar-refractivity contribution in [2.75, 3.05) is 18.1 Å². The number of rotatable bonds is 1. The first kappa shape index (κ1) is 8.08. The van der Waals surface area contributed by atoms with Gasteiger partial charge in [-0.15, -0.1) is 11.8 Å². The molecule has 2 rings (SSSR count). The maximum atomic E-state index is 5.61. The van der Waals surface area contributed by atoms with Gasteiger partial charge in [-0.25, -0.2) is 0 Å². The summed E-state index contributed by atoms with van der Waals surface area (Å²) in [7, 11) is 0. The van der Waals surface area contributed by atoms with Crippen LogP contribution in [0.5, 0.6) is 0 Å². The zero-order valence-corrected chi connectivity index (χ0v) is 7.67. The Labute approximate surface area is 76.6 Å². The number of aromatic nitrogens is 1. The lowest BCUT2D eigenvalue weighted by Gasteiger charge is -2.17. The van der Waals surface area contributed by atoms with Crippen LogP contribution in [0.1, 0.15) is 6.23 Å². The van der Waals surface area contributed by atoms with E-state index in [9.17, 15) is 0 Å². The Morgan fingerprint density at radius 1 is 1.25 bits per heavy atom. The lowest BCUT2D eigenvalue weighted by atomic mass is 10.4. The smallest absolute Gasteiger partial charge is 0.271 e. The second kappa shape index (κ2) is 3.92. The van der Waals surface area contributed by atoms with Gasteiger partial charge in [0.2, 0.25) is 0 Å². The van der Waals surface area contributed by atoms with E-state index >= 15 is 0 Å². The van der Waals surface area contributed by atoms with E-state index in [4.69, 9.17) is 4.74 Å². The van der Waals surface area contributed by atoms with Crippen molar-refractivity contribution in [2.24, 2.45) is 0 Å². The molecule has 2 heterocycles. The highest BCUT2D eigenvalue weighted by Gasteiger charge is 2.21. The average Bonchev–Trinajstić information content (AvgIpc) is 2.21. The van der Waals surface area contributed by atoms with Crippen molar-refractivity contribution in [3.8, 4) is 0 Å². The van der Waals surface area contributed by atoms with Crippen LogP contribution in [0, 0.1) is 0 Å². The fraction of sp³-hybridized carbons (Fsp3) is 0.444. The van der Waals surface area contributed by atoms with Crippen molar-refractivity contribution >= 4 is 11.8 Å². The summed E-state index contributed by atoms with van der Waals surface area (Å²) in [4.78, 5) is 0. The van der Waals surface area contributed by atoms with Crippen LogP contribution >= 0.6 is 11.8 Å². The average molecular weight is 182 g/mol. The summed E-state index contributed by atoms with van der Waals surface area (Å²) in [6, 6.07) is 6.08. The van der Waals surface area contributed by atoms with Crippen LogP contribution in [0.25, 0.3) is 0 Å². The van der Waals surface area contributed by atoms with Gasteiger partial charge >= 0.3 is 0 Å². The Morgan fingerprint density at radius 3 is 2.75 bits per heavy atom. The summed E-state index contributed by atoms with van der Waals surface area (Å²) >= 11 is 1.95. The van der Waals surface area contributed by atoms with Crippen molar-refractivity contribution in [3.05, 3.63) is 30.6 Å². The Morgan fingerprint density at radius 2 is 2.08 bits per heavy atom. The summed E-state index contributed by atoms with van der Waals surface area (Å²) in [5.74, 6) is 2.19. The number of pyridine rings is 1. The van der Waals surface area contributed by atoms with E-state index < -0.39 is 0 Å². The van der Waals surface area contributed by atoms with E-state index in [0.29, 0.717) is 0 Å². The van der Waals surface area contributed by atoms with Gasteiger partial charge in [-0.1, -0.05) is 6.07 Å². The number of nitrogens with zero attached hydrogens (tertiary/aromatic N) is 1. The van der Waals surface area contributed by atoms with Gasteiger partial charge in [0.15, 0.2) is 12.4 Å². The molecule has 0 amide bonds. The molecular formula is C9H12NOS+. The molecule has 0 saturated carbocycles. The molecule has 1 atom stereocenters. The Bertz CT molecular complexity index is 234. The third-order valence-electron chi connectivity index (χ3n) is 1.87. The first-order valence-corrected chi connectivity index (χ1v) is 5.27. The largest absolute Gasteiger partial charge is 0.319 e. The van der Waals surface area contributed by atoms with E-state index in [1.165, 1.54) is 0 Å². The van der Waals surface area contributed by atoms with Gasteiger partial charge < -0.3 is 4.74 Å². The fourth-order valence-corrected chi connectivity index (χ4v) is 2.10. The van der Waals surface area contributed by atoms with Gasteiger partial charge in [0, 0.05) is 17.9 Å². The van der Waals surface area contributed by atoms with E-state index in [2.05, 4.69) is 17.0 Å². The summed E-state index contributed by atoms with van der Waals surface area (Å²) in [5.41, 5.74) is 0. The van der Waals surface area contributed by atoms with Crippen molar-refractivity contribution in [2.45, 2.75) is 6.23 Å². The molecule has 0 radical (unpaired) electrons. The molecule has 64 valence electrons. The number of hydrogen-bond donors (Lipinski definition) is 0. The van der Waals surface area contributed by atoms with Crippen molar-refractivity contribution in [1.29, 1.82) is 0 Å². The topological polar surface area (TPSA) is 13.1 Å². The monoisotopic (exact) mass is 182 g/mol. The number of thioether (sulfide) groups is 1. The van der Waals surface area contributed by atoms with E-state index in [1.807, 2.05) is 30.0 Å². The minimum Gasteiger partial charge on any atom is -0.319 e. The summed E-state index contributed by atoms with van der Waals surface area (Å²) in [5, 5.41) is 0. The fourth-order valence-electron chi connectivity index (χ4n) is 1.25. The summed E-state index contributed by atoms with van der Waals surface area (Å²) in [6.07, 6.45) is 4.34. The minimum atomic E-state index is 0.241. The second-order valence-electron chi connectivity index (χ2n) is 2.72. The Kier molecular flexibility index (Phi) is 2.64. The van der Waals surface area contributed by atoms with Crippen LogP contribution in [-0.4, -0.2) is 18.1 Å². The van der Waals surface area contributed by atoms with Crippen LogP contribution in [-0.2, 0) is 4.74 Å². The van der Waals surface area contributed by atoms with E-state index in [-0.39, 0.29) is 6.23 Å². The lowest BCUT2D eigenvalue weighted by molar-refractivity contribution is -0.757. The first-order valence-electron chi connectivity index (χ1n) is 4.12. The lowest BCUT2D eigenvalue weighted by Crippen LogP contribution is -2.43. The molecule has 1 fully saturated rings. The van der Waals surface area contributed by atoms with Gasteiger partial charge in [0.1, 0.15) is 0 Å². The van der Waals surface area contributed by atoms with Crippen LogP contribution in [0.15, 0.2) is 30.6 Å². The molecule has 2 nitrogen and oxygen atoms in total. The number of hydrogen-bond acceptors (Lipinski definition) is 2. The quantitative estimate of drug-likeness (QED) is 0.606. The molecule has 1 saturated heterocycles. The van der Waals surface area contributed by atoms with Crippen LogP contribution < -0.4 is 4.57 Å². The predicted octanol–water partition coefficient (Wildman–Crippen LogP) is 1.24. The predicted molar refractivity (Wildman–Crippen MR) is 49.0 cm³/mol. The molecule has 0 bridgehead atoms. The highest BCUT2D eigenvalue weighted by Crippen LogP contribution is 2.15. The SMILES string of the molecule is c1cc[n+](C2CSCCO2)cc1. The zero-order valence-electron chi connectivity index (χ0n) is 6.85. The molecule has 1 unspecified atom stereocenters. The Balaban J connectivity index is 2.08. The maximum absolute atomic E-state index is 5.61. The molecule has 1 aromatic heterocycles. The van der Waals surface area contributed by atoms with Crippen molar-refractivity contribution < 1.29 is 9.30 Å². The third kappa shape index (κ3) is 1.79. The van der Waals surface area contributed by atoms with E-state index in [1.54, 1.807) is 0 Å². The molecule has 0 N–H and O–H groups in total. The minimum absolute atomic E-state index is 0.241. The van der Waals surface area contributed by atoms with Gasteiger partial charge in [-0.3, -0.25) is 0 Å². The molecule has 1 aliphatic rings. The van der Waals surface area contributed by atoms with Crippen molar-refractivity contribution in [1.82, 2.24) is 0 Å². The van der Waals surface area contributed by atoms with Crippen LogP contribution in [0.2, 0.25) is 0 Å². The van der Waals surface area contributed by atoms with Gasteiger partial charge in [0.25, 0.3) is 6.23 Å². The molecule has 0 aromatic carbocycles. The highest BCUT2D eigenvalue weighted by atomic mass is 32.2. The van der Waals surface area contributed by atoms with Crippen LogP contribution in [0.3, 0.4) is 0 Å². The zero-order chi connectivity index (χ0) is 8.23. The highest BCUT2D eigenvalue weighted by molar-refractivity contribution is 7.99. The summed E-state index contributed by atoms with van der Waals surface area (Å²) < 4.78 is 7.72. The second-order valence-corrected chi connectivity index (χ2v) is 3.87. The summed E-state index contributed by atoms with van der Waals surface area (Å²) in [6.45, 7) is 0.872. The molecule has 3 heteroatoms.